The molecule has 0 saturated heterocycles. The van der Waals surface area contributed by atoms with Crippen molar-refractivity contribution in [1.29, 1.82) is 0 Å². The third-order valence-electron chi connectivity index (χ3n) is 3.92. The molecule has 1 aromatic heterocycles. The molecule has 1 aliphatic carbocycles. The van der Waals surface area contributed by atoms with Crippen LogP contribution in [-0.4, -0.2) is 20.8 Å². The standard InChI is InChI=1S/C16H18ClFN4O2/c17-11-8-10(18)4-5-12(11)24-13-9-20-15(19)21-14(13)22-16(23)6-2-1-3-7-16/h4-5,8-9,23H,1-3,6-7H2,(H3,19,20,21,22). The highest BCUT2D eigenvalue weighted by Crippen LogP contribution is 2.36. The molecule has 0 unspecified atom stereocenters. The van der Waals surface area contributed by atoms with Crippen molar-refractivity contribution >= 4 is 23.4 Å². The van der Waals surface area contributed by atoms with Gasteiger partial charge in [0.15, 0.2) is 11.6 Å². The Morgan fingerprint density at radius 1 is 1.25 bits per heavy atom. The maximum atomic E-state index is 13.2. The van der Waals surface area contributed by atoms with Crippen molar-refractivity contribution in [1.82, 2.24) is 9.97 Å². The van der Waals surface area contributed by atoms with Gasteiger partial charge in [-0.05, 0) is 43.9 Å². The second-order valence-electron chi connectivity index (χ2n) is 5.84. The summed E-state index contributed by atoms with van der Waals surface area (Å²) in [5, 5.41) is 13.8. The minimum Gasteiger partial charge on any atom is -0.450 e. The third-order valence-corrected chi connectivity index (χ3v) is 4.21. The van der Waals surface area contributed by atoms with Crippen molar-refractivity contribution in [2.24, 2.45) is 0 Å². The molecule has 1 fully saturated rings. The van der Waals surface area contributed by atoms with E-state index in [9.17, 15) is 9.50 Å². The van der Waals surface area contributed by atoms with Gasteiger partial charge in [-0.2, -0.15) is 4.98 Å². The second kappa shape index (κ2) is 6.78. The highest BCUT2D eigenvalue weighted by molar-refractivity contribution is 6.32. The zero-order valence-corrected chi connectivity index (χ0v) is 13.7. The minimum atomic E-state index is -1.07. The first-order valence-electron chi connectivity index (χ1n) is 7.71. The van der Waals surface area contributed by atoms with E-state index in [1.165, 1.54) is 18.3 Å². The molecule has 0 aliphatic heterocycles. The maximum absolute atomic E-state index is 13.2. The summed E-state index contributed by atoms with van der Waals surface area (Å²) < 4.78 is 18.8. The Morgan fingerprint density at radius 3 is 2.71 bits per heavy atom. The smallest absolute Gasteiger partial charge is 0.222 e. The van der Waals surface area contributed by atoms with Crippen LogP contribution in [0.3, 0.4) is 0 Å². The van der Waals surface area contributed by atoms with Gasteiger partial charge in [0.1, 0.15) is 17.3 Å². The van der Waals surface area contributed by atoms with E-state index in [2.05, 4.69) is 15.3 Å². The van der Waals surface area contributed by atoms with Gasteiger partial charge in [-0.1, -0.05) is 18.0 Å². The molecule has 24 heavy (non-hydrogen) atoms. The van der Waals surface area contributed by atoms with E-state index in [4.69, 9.17) is 22.1 Å². The second-order valence-corrected chi connectivity index (χ2v) is 6.24. The Bertz CT molecular complexity index is 738. The maximum Gasteiger partial charge on any atom is 0.222 e. The van der Waals surface area contributed by atoms with E-state index >= 15 is 0 Å². The van der Waals surface area contributed by atoms with Crippen molar-refractivity contribution in [3.63, 3.8) is 0 Å². The topological polar surface area (TPSA) is 93.3 Å². The predicted molar refractivity (Wildman–Crippen MR) is 89.6 cm³/mol. The number of nitrogen functional groups attached to an aromatic ring is 1. The highest BCUT2D eigenvalue weighted by Gasteiger charge is 2.30. The summed E-state index contributed by atoms with van der Waals surface area (Å²) in [7, 11) is 0. The fourth-order valence-corrected chi connectivity index (χ4v) is 2.91. The number of hydrogen-bond donors (Lipinski definition) is 3. The van der Waals surface area contributed by atoms with Gasteiger partial charge in [-0.15, -0.1) is 0 Å². The van der Waals surface area contributed by atoms with Crippen LogP contribution in [0, 0.1) is 5.82 Å². The number of aromatic nitrogens is 2. The molecule has 4 N–H and O–H groups in total. The molecule has 128 valence electrons. The number of nitrogens with two attached hydrogens (primary N) is 1. The van der Waals surface area contributed by atoms with Crippen molar-refractivity contribution < 1.29 is 14.2 Å². The quantitative estimate of drug-likeness (QED) is 0.726. The third kappa shape index (κ3) is 3.85. The van der Waals surface area contributed by atoms with Gasteiger partial charge in [0.25, 0.3) is 0 Å². The average Bonchev–Trinajstić information content (AvgIpc) is 2.52. The molecular weight excluding hydrogens is 335 g/mol. The summed E-state index contributed by atoms with van der Waals surface area (Å²) in [4.78, 5) is 8.01. The summed E-state index contributed by atoms with van der Waals surface area (Å²) in [6.07, 6.45) is 5.52. The zero-order chi connectivity index (χ0) is 17.2. The SMILES string of the molecule is Nc1ncc(Oc2ccc(F)cc2Cl)c(NC2(O)CCCCC2)n1. The molecule has 0 atom stereocenters. The van der Waals surface area contributed by atoms with Gasteiger partial charge in [0, 0.05) is 0 Å². The first-order chi connectivity index (χ1) is 11.5. The van der Waals surface area contributed by atoms with Crippen LogP contribution < -0.4 is 15.8 Å². The lowest BCUT2D eigenvalue weighted by Crippen LogP contribution is -2.40. The molecule has 1 heterocycles. The van der Waals surface area contributed by atoms with Gasteiger partial charge in [0.05, 0.1) is 11.2 Å². The van der Waals surface area contributed by atoms with Crippen LogP contribution in [0.1, 0.15) is 32.1 Å². The molecule has 8 heteroatoms. The number of hydrogen-bond acceptors (Lipinski definition) is 6. The largest absolute Gasteiger partial charge is 0.450 e. The van der Waals surface area contributed by atoms with Gasteiger partial charge in [-0.25, -0.2) is 9.37 Å². The number of halogens is 2. The van der Waals surface area contributed by atoms with Gasteiger partial charge in [0.2, 0.25) is 5.95 Å². The molecule has 1 aromatic carbocycles. The Morgan fingerprint density at radius 2 is 2.00 bits per heavy atom. The van der Waals surface area contributed by atoms with E-state index in [0.29, 0.717) is 12.8 Å². The van der Waals surface area contributed by atoms with Crippen LogP contribution in [0.15, 0.2) is 24.4 Å². The summed E-state index contributed by atoms with van der Waals surface area (Å²) in [5.74, 6) is 0.361. The predicted octanol–water partition coefficient (Wildman–Crippen LogP) is 3.71. The molecule has 2 aromatic rings. The molecule has 3 rings (SSSR count). The Balaban J connectivity index is 1.87. The summed E-state index contributed by atoms with van der Waals surface area (Å²) >= 11 is 5.98. The van der Waals surface area contributed by atoms with Gasteiger partial charge in [-0.3, -0.25) is 0 Å². The Hall–Kier alpha value is -2.12. The Labute approximate surface area is 143 Å². The van der Waals surface area contributed by atoms with E-state index in [-0.39, 0.29) is 28.3 Å². The minimum absolute atomic E-state index is 0.0504. The molecule has 6 nitrogen and oxygen atoms in total. The van der Waals surface area contributed by atoms with Crippen LogP contribution in [0.4, 0.5) is 16.2 Å². The summed E-state index contributed by atoms with van der Waals surface area (Å²) in [5.41, 5.74) is 4.58. The van der Waals surface area contributed by atoms with Crippen molar-refractivity contribution in [3.8, 4) is 11.5 Å². The average molecular weight is 353 g/mol. The fraction of sp³-hybridized carbons (Fsp3) is 0.375. The normalized spacial score (nSPS) is 16.6. The molecule has 0 radical (unpaired) electrons. The highest BCUT2D eigenvalue weighted by atomic mass is 35.5. The lowest BCUT2D eigenvalue weighted by Gasteiger charge is -2.33. The molecule has 0 bridgehead atoms. The van der Waals surface area contributed by atoms with E-state index in [0.717, 1.165) is 25.3 Å². The number of ether oxygens (including phenoxy) is 1. The lowest BCUT2D eigenvalue weighted by atomic mass is 9.92. The van der Waals surface area contributed by atoms with E-state index in [1.807, 2.05) is 0 Å². The van der Waals surface area contributed by atoms with E-state index in [1.54, 1.807) is 0 Å². The van der Waals surface area contributed by atoms with Crippen molar-refractivity contribution in [3.05, 3.63) is 35.2 Å². The van der Waals surface area contributed by atoms with Crippen LogP contribution >= 0.6 is 11.6 Å². The number of anilines is 2. The number of nitrogens with zero attached hydrogens (tertiary/aromatic N) is 2. The number of aliphatic hydroxyl groups is 1. The van der Waals surface area contributed by atoms with Crippen LogP contribution in [0.2, 0.25) is 5.02 Å². The number of rotatable bonds is 4. The van der Waals surface area contributed by atoms with Gasteiger partial charge >= 0.3 is 0 Å². The Kier molecular flexibility index (Phi) is 4.73. The number of nitrogens with one attached hydrogen (secondary N) is 1. The molecule has 0 spiro atoms. The zero-order valence-electron chi connectivity index (χ0n) is 12.9. The van der Waals surface area contributed by atoms with Crippen LogP contribution in [-0.2, 0) is 0 Å². The molecular formula is C16H18ClFN4O2. The molecule has 1 aliphatic rings. The van der Waals surface area contributed by atoms with Crippen LogP contribution in [0.25, 0.3) is 0 Å². The molecule has 1 saturated carbocycles. The summed E-state index contributed by atoms with van der Waals surface area (Å²) in [6, 6.07) is 3.80. The first-order valence-corrected chi connectivity index (χ1v) is 8.09. The number of benzene rings is 1. The van der Waals surface area contributed by atoms with Crippen molar-refractivity contribution in [2.75, 3.05) is 11.1 Å². The lowest BCUT2D eigenvalue weighted by molar-refractivity contribution is 0.0311. The monoisotopic (exact) mass is 352 g/mol. The van der Waals surface area contributed by atoms with E-state index < -0.39 is 11.5 Å². The summed E-state index contributed by atoms with van der Waals surface area (Å²) in [6.45, 7) is 0. The van der Waals surface area contributed by atoms with Crippen molar-refractivity contribution in [2.45, 2.75) is 37.8 Å². The van der Waals surface area contributed by atoms with Gasteiger partial charge < -0.3 is 20.9 Å². The fourth-order valence-electron chi connectivity index (χ4n) is 2.71. The first kappa shape index (κ1) is 16.7. The van der Waals surface area contributed by atoms with Crippen LogP contribution in [0.5, 0.6) is 11.5 Å². The molecule has 0 amide bonds.